The number of carbonyl (C=O) groups is 2. The molecule has 8 nitrogen and oxygen atoms in total. The zero-order valence-corrected chi connectivity index (χ0v) is 23.2. The first-order valence-corrected chi connectivity index (χ1v) is 13.7. The molecule has 0 N–H and O–H groups in total. The van der Waals surface area contributed by atoms with E-state index < -0.39 is 24.3 Å². The fourth-order valence-electron chi connectivity index (χ4n) is 4.91. The number of nitrogens with zero attached hydrogens (tertiary/aromatic N) is 3. The van der Waals surface area contributed by atoms with Crippen LogP contribution in [-0.2, 0) is 16.0 Å². The van der Waals surface area contributed by atoms with Crippen molar-refractivity contribution >= 4 is 45.6 Å². The first-order valence-electron chi connectivity index (χ1n) is 12.8. The number of rotatable bonds is 8. The van der Waals surface area contributed by atoms with E-state index in [0.717, 1.165) is 40.9 Å². The van der Waals surface area contributed by atoms with Gasteiger partial charge in [-0.05, 0) is 67.2 Å². The summed E-state index contributed by atoms with van der Waals surface area (Å²) in [4.78, 5) is 35.6. The van der Waals surface area contributed by atoms with Gasteiger partial charge in [0.05, 0.1) is 37.1 Å². The van der Waals surface area contributed by atoms with Gasteiger partial charge in [0.25, 0.3) is 0 Å². The third kappa shape index (κ3) is 5.31. The molecule has 0 saturated carbocycles. The molecule has 2 heterocycles. The van der Waals surface area contributed by atoms with Crippen molar-refractivity contribution in [2.75, 3.05) is 20.8 Å². The van der Waals surface area contributed by atoms with Crippen molar-refractivity contribution in [3.8, 4) is 17.6 Å². The molecule has 5 rings (SSSR count). The monoisotopic (exact) mass is 553 g/mol. The minimum absolute atomic E-state index is 0.401. The number of methoxy groups -OCH3 is 2. The molecule has 0 spiro atoms. The van der Waals surface area contributed by atoms with E-state index in [4.69, 9.17) is 19.2 Å². The van der Waals surface area contributed by atoms with Gasteiger partial charge in [0.1, 0.15) is 5.01 Å². The molecule has 0 fully saturated rings. The SMILES string of the molecule is COc1ccc(/C=C2/CCCc3c2nc2ccccc2c3C(=O)OCC(=O)C(C#N)c2nc(C)cs2)cc1OC. The largest absolute Gasteiger partial charge is 0.493 e. The van der Waals surface area contributed by atoms with Crippen LogP contribution in [0.4, 0.5) is 0 Å². The maximum atomic E-state index is 13.6. The molecule has 0 aliphatic heterocycles. The van der Waals surface area contributed by atoms with Crippen molar-refractivity contribution in [3.05, 3.63) is 80.9 Å². The molecule has 2 aromatic carbocycles. The predicted molar refractivity (Wildman–Crippen MR) is 153 cm³/mol. The van der Waals surface area contributed by atoms with Gasteiger partial charge in [-0.3, -0.25) is 4.79 Å². The number of pyridine rings is 1. The number of Topliss-reactive ketones (excluding diaryl/α,β-unsaturated/α-hetero) is 1. The number of carbonyl (C=O) groups excluding carboxylic acids is 2. The lowest BCUT2D eigenvalue weighted by Gasteiger charge is -2.22. The number of esters is 1. The van der Waals surface area contributed by atoms with Crippen molar-refractivity contribution in [1.29, 1.82) is 5.26 Å². The zero-order valence-electron chi connectivity index (χ0n) is 22.4. The van der Waals surface area contributed by atoms with Crippen molar-refractivity contribution in [1.82, 2.24) is 9.97 Å². The molecule has 202 valence electrons. The van der Waals surface area contributed by atoms with Gasteiger partial charge in [-0.2, -0.15) is 5.26 Å². The highest BCUT2D eigenvalue weighted by molar-refractivity contribution is 7.09. The molecule has 0 radical (unpaired) electrons. The standard InChI is InChI=1S/C31H27N3O5S/c1-18-17-40-30(33-18)23(15-32)25(35)16-39-31(36)28-21-8-4-5-10-24(21)34-29-20(7-6-9-22(28)29)13-19-11-12-26(37-2)27(14-19)38-3/h4-5,8,10-14,17,23H,6-7,9,16H2,1-3H3/b20-13-. The predicted octanol–water partition coefficient (Wildman–Crippen LogP) is 5.93. The number of hydrogen-bond donors (Lipinski definition) is 0. The summed E-state index contributed by atoms with van der Waals surface area (Å²) >= 11 is 1.24. The maximum absolute atomic E-state index is 13.6. The number of allylic oxidation sites excluding steroid dienone is 1. The summed E-state index contributed by atoms with van der Waals surface area (Å²) in [6.45, 7) is 1.28. The molecular weight excluding hydrogens is 526 g/mol. The summed E-state index contributed by atoms with van der Waals surface area (Å²) in [7, 11) is 3.19. The van der Waals surface area contributed by atoms with E-state index in [1.54, 1.807) is 26.5 Å². The van der Waals surface area contributed by atoms with Gasteiger partial charge in [0.15, 0.2) is 29.8 Å². The Hall–Kier alpha value is -4.55. The van der Waals surface area contributed by atoms with Crippen LogP contribution in [0.25, 0.3) is 22.6 Å². The fourth-order valence-corrected chi connectivity index (χ4v) is 5.77. The van der Waals surface area contributed by atoms with E-state index >= 15 is 0 Å². The lowest BCUT2D eigenvalue weighted by Crippen LogP contribution is -2.21. The zero-order chi connectivity index (χ0) is 28.2. The molecule has 0 saturated heterocycles. The van der Waals surface area contributed by atoms with Crippen molar-refractivity contribution < 1.29 is 23.8 Å². The second kappa shape index (κ2) is 11.7. The highest BCUT2D eigenvalue weighted by Gasteiger charge is 2.28. The maximum Gasteiger partial charge on any atom is 0.339 e. The summed E-state index contributed by atoms with van der Waals surface area (Å²) in [6, 6.07) is 15.1. The van der Waals surface area contributed by atoms with Crippen LogP contribution >= 0.6 is 11.3 Å². The van der Waals surface area contributed by atoms with Crippen molar-refractivity contribution in [3.63, 3.8) is 0 Å². The third-order valence-corrected chi connectivity index (χ3v) is 7.83. The van der Waals surface area contributed by atoms with Crippen molar-refractivity contribution in [2.24, 2.45) is 0 Å². The van der Waals surface area contributed by atoms with E-state index in [0.29, 0.717) is 39.4 Å². The Balaban J connectivity index is 1.50. The molecule has 0 amide bonds. The van der Waals surface area contributed by atoms with Crippen LogP contribution in [0.3, 0.4) is 0 Å². The molecule has 9 heteroatoms. The number of benzene rings is 2. The molecule has 1 aliphatic carbocycles. The number of fused-ring (bicyclic) bond motifs is 2. The summed E-state index contributed by atoms with van der Waals surface area (Å²) in [5.41, 5.74) is 5.25. The van der Waals surface area contributed by atoms with E-state index in [9.17, 15) is 14.9 Å². The summed E-state index contributed by atoms with van der Waals surface area (Å²) in [5, 5.41) is 12.4. The minimum atomic E-state index is -1.08. The van der Waals surface area contributed by atoms with Crippen LogP contribution in [0, 0.1) is 18.3 Å². The van der Waals surface area contributed by atoms with Gasteiger partial charge in [-0.1, -0.05) is 24.3 Å². The van der Waals surface area contributed by atoms with E-state index in [1.165, 1.54) is 11.3 Å². The second-order valence-corrected chi connectivity index (χ2v) is 10.3. The summed E-state index contributed by atoms with van der Waals surface area (Å²) in [6.07, 6.45) is 4.31. The minimum Gasteiger partial charge on any atom is -0.493 e. The number of hydrogen-bond acceptors (Lipinski definition) is 9. The summed E-state index contributed by atoms with van der Waals surface area (Å²) in [5.74, 6) is -0.933. The van der Waals surface area contributed by atoms with Gasteiger partial charge in [0.2, 0.25) is 0 Å². The van der Waals surface area contributed by atoms with Crippen LogP contribution in [0.5, 0.6) is 11.5 Å². The van der Waals surface area contributed by atoms with Gasteiger partial charge in [0, 0.05) is 16.5 Å². The fraction of sp³-hybridized carbons (Fsp3) is 0.258. The highest BCUT2D eigenvalue weighted by Crippen LogP contribution is 2.37. The Morgan fingerprint density at radius 3 is 2.62 bits per heavy atom. The van der Waals surface area contributed by atoms with Crippen molar-refractivity contribution in [2.45, 2.75) is 32.1 Å². The molecule has 4 aromatic rings. The number of thiazole rings is 1. The first-order chi connectivity index (χ1) is 19.4. The van der Waals surface area contributed by atoms with E-state index in [-0.39, 0.29) is 0 Å². The molecule has 1 aliphatic rings. The topological polar surface area (TPSA) is 111 Å². The number of ketones is 1. The van der Waals surface area contributed by atoms with Crippen LogP contribution in [0.1, 0.15) is 56.6 Å². The molecule has 40 heavy (non-hydrogen) atoms. The smallest absolute Gasteiger partial charge is 0.339 e. The van der Waals surface area contributed by atoms with Crippen LogP contribution in [0.2, 0.25) is 0 Å². The average molecular weight is 554 g/mol. The van der Waals surface area contributed by atoms with Gasteiger partial charge < -0.3 is 14.2 Å². The Morgan fingerprint density at radius 1 is 1.10 bits per heavy atom. The number of para-hydroxylation sites is 1. The molecule has 1 unspecified atom stereocenters. The molecule has 1 atom stereocenters. The average Bonchev–Trinajstić information content (AvgIpc) is 3.40. The summed E-state index contributed by atoms with van der Waals surface area (Å²) < 4.78 is 16.4. The van der Waals surface area contributed by atoms with Gasteiger partial charge in [-0.25, -0.2) is 14.8 Å². The lowest BCUT2D eigenvalue weighted by molar-refractivity contribution is -0.122. The van der Waals surface area contributed by atoms with E-state index in [1.807, 2.05) is 54.6 Å². The van der Waals surface area contributed by atoms with E-state index in [2.05, 4.69) is 4.98 Å². The second-order valence-electron chi connectivity index (χ2n) is 9.40. The van der Waals surface area contributed by atoms with Gasteiger partial charge >= 0.3 is 5.97 Å². The van der Waals surface area contributed by atoms with Crippen LogP contribution in [0.15, 0.2) is 47.8 Å². The third-order valence-electron chi connectivity index (χ3n) is 6.80. The first kappa shape index (κ1) is 27.0. The molecular formula is C31H27N3O5S. The number of aryl methyl sites for hydroxylation is 1. The Morgan fingerprint density at radius 2 is 1.90 bits per heavy atom. The van der Waals surface area contributed by atoms with Crippen LogP contribution in [-0.4, -0.2) is 42.5 Å². The number of ether oxygens (including phenoxy) is 3. The lowest BCUT2D eigenvalue weighted by atomic mass is 9.86. The number of aromatic nitrogens is 2. The Bertz CT molecular complexity index is 1680. The molecule has 2 aromatic heterocycles. The Kier molecular flexibility index (Phi) is 7.89. The molecule has 0 bridgehead atoms. The number of nitriles is 1. The van der Waals surface area contributed by atoms with Crippen LogP contribution < -0.4 is 9.47 Å². The Labute approximate surface area is 235 Å². The normalized spacial score (nSPS) is 14.3. The quantitative estimate of drug-likeness (QED) is 0.247. The van der Waals surface area contributed by atoms with Gasteiger partial charge in [-0.15, -0.1) is 11.3 Å². The highest BCUT2D eigenvalue weighted by atomic mass is 32.1.